The predicted octanol–water partition coefficient (Wildman–Crippen LogP) is 4.16. The van der Waals surface area contributed by atoms with Crippen molar-refractivity contribution in [3.63, 3.8) is 0 Å². The Morgan fingerprint density at radius 1 is 1.08 bits per heavy atom. The van der Waals surface area contributed by atoms with Gasteiger partial charge in [-0.15, -0.1) is 0 Å². The zero-order valence-corrected chi connectivity index (χ0v) is 15.0. The van der Waals surface area contributed by atoms with Crippen LogP contribution in [0.2, 0.25) is 10.0 Å². The molecule has 6 heteroatoms. The smallest absolute Gasteiger partial charge is 0.225 e. The number of benzene rings is 2. The Morgan fingerprint density at radius 3 is 2.54 bits per heavy atom. The van der Waals surface area contributed by atoms with Crippen LogP contribution < -0.4 is 15.4 Å². The number of carbonyl (C=O) groups excluding carboxylic acids is 1. The molecule has 2 aromatic carbocycles. The van der Waals surface area contributed by atoms with Crippen LogP contribution in [0.15, 0.2) is 42.5 Å². The third-order valence-corrected chi connectivity index (χ3v) is 4.05. The lowest BCUT2D eigenvalue weighted by Gasteiger charge is -2.09. The second kappa shape index (κ2) is 9.52. The van der Waals surface area contributed by atoms with Gasteiger partial charge >= 0.3 is 0 Å². The summed E-state index contributed by atoms with van der Waals surface area (Å²) in [6.45, 7) is 1.40. The second-order valence-corrected chi connectivity index (χ2v) is 6.11. The summed E-state index contributed by atoms with van der Waals surface area (Å²) in [5.74, 6) is 0.749. The molecule has 0 atom stereocenters. The van der Waals surface area contributed by atoms with E-state index in [4.69, 9.17) is 27.9 Å². The number of hydrogen-bond acceptors (Lipinski definition) is 3. The van der Waals surface area contributed by atoms with Crippen LogP contribution in [0.25, 0.3) is 0 Å². The van der Waals surface area contributed by atoms with E-state index in [2.05, 4.69) is 10.6 Å². The molecule has 128 valence electrons. The van der Waals surface area contributed by atoms with Crippen LogP contribution in [0.4, 0.5) is 5.69 Å². The number of anilines is 1. The summed E-state index contributed by atoms with van der Waals surface area (Å²) in [7, 11) is 1.65. The van der Waals surface area contributed by atoms with E-state index in [1.54, 1.807) is 25.3 Å². The van der Waals surface area contributed by atoms with Crippen molar-refractivity contribution in [3.8, 4) is 5.75 Å². The molecule has 2 aromatic rings. The molecule has 0 heterocycles. The monoisotopic (exact) mass is 366 g/mol. The highest BCUT2D eigenvalue weighted by Gasteiger charge is 2.06. The molecule has 2 N–H and O–H groups in total. The minimum atomic E-state index is -0.101. The van der Waals surface area contributed by atoms with Gasteiger partial charge < -0.3 is 15.4 Å². The lowest BCUT2D eigenvalue weighted by atomic mass is 10.1. The molecule has 4 nitrogen and oxygen atoms in total. The summed E-state index contributed by atoms with van der Waals surface area (Å²) < 4.78 is 5.13. The van der Waals surface area contributed by atoms with Crippen molar-refractivity contribution in [2.45, 2.75) is 12.8 Å². The van der Waals surface area contributed by atoms with E-state index in [0.717, 1.165) is 18.7 Å². The first-order valence-electron chi connectivity index (χ1n) is 7.67. The molecule has 2 rings (SSSR count). The van der Waals surface area contributed by atoms with Crippen LogP contribution in [-0.2, 0) is 11.2 Å². The van der Waals surface area contributed by atoms with E-state index < -0.39 is 0 Å². The number of halogens is 2. The third-order valence-electron chi connectivity index (χ3n) is 3.48. The maximum atomic E-state index is 11.9. The fraction of sp³-hybridized carbons (Fsp3) is 0.278. The van der Waals surface area contributed by atoms with Gasteiger partial charge in [0.25, 0.3) is 0 Å². The van der Waals surface area contributed by atoms with Gasteiger partial charge in [0.05, 0.1) is 17.8 Å². The lowest BCUT2D eigenvalue weighted by Crippen LogP contribution is -2.23. The SMILES string of the molecule is COc1ccc(CCNCCC(=O)Nc2cc(Cl)ccc2Cl)cc1. The fourth-order valence-electron chi connectivity index (χ4n) is 2.16. The van der Waals surface area contributed by atoms with E-state index in [1.807, 2.05) is 24.3 Å². The van der Waals surface area contributed by atoms with Crippen molar-refractivity contribution in [2.75, 3.05) is 25.5 Å². The first-order valence-corrected chi connectivity index (χ1v) is 8.42. The molecule has 0 spiro atoms. The number of carbonyl (C=O) groups is 1. The van der Waals surface area contributed by atoms with Gasteiger partial charge in [-0.25, -0.2) is 0 Å². The largest absolute Gasteiger partial charge is 0.497 e. The molecular weight excluding hydrogens is 347 g/mol. The number of amides is 1. The Kier molecular flexibility index (Phi) is 7.37. The quantitative estimate of drug-likeness (QED) is 0.689. The fourth-order valence-corrected chi connectivity index (χ4v) is 2.49. The summed E-state index contributed by atoms with van der Waals surface area (Å²) in [5, 5.41) is 7.02. The molecule has 0 aromatic heterocycles. The molecule has 0 bridgehead atoms. The molecule has 0 radical (unpaired) electrons. The van der Waals surface area contributed by atoms with E-state index >= 15 is 0 Å². The van der Waals surface area contributed by atoms with Gasteiger partial charge in [0.1, 0.15) is 5.75 Å². The topological polar surface area (TPSA) is 50.4 Å². The highest BCUT2D eigenvalue weighted by molar-refractivity contribution is 6.35. The summed E-state index contributed by atoms with van der Waals surface area (Å²) in [5.41, 5.74) is 1.76. The highest BCUT2D eigenvalue weighted by Crippen LogP contribution is 2.25. The molecule has 1 amide bonds. The summed E-state index contributed by atoms with van der Waals surface area (Å²) >= 11 is 11.9. The minimum Gasteiger partial charge on any atom is -0.497 e. The van der Waals surface area contributed by atoms with E-state index in [0.29, 0.717) is 28.7 Å². The Bertz CT molecular complexity index is 675. The van der Waals surface area contributed by atoms with Gasteiger partial charge in [0, 0.05) is 18.0 Å². The number of rotatable bonds is 8. The van der Waals surface area contributed by atoms with Crippen molar-refractivity contribution in [1.29, 1.82) is 0 Å². The van der Waals surface area contributed by atoms with Crippen LogP contribution in [0.3, 0.4) is 0 Å². The molecule has 0 aliphatic heterocycles. The number of ether oxygens (including phenoxy) is 1. The molecular formula is C18H20Cl2N2O2. The Labute approximate surface area is 152 Å². The van der Waals surface area contributed by atoms with E-state index in [-0.39, 0.29) is 5.91 Å². The van der Waals surface area contributed by atoms with Gasteiger partial charge in [0.15, 0.2) is 0 Å². The molecule has 0 aliphatic rings. The summed E-state index contributed by atoms with van der Waals surface area (Å²) in [6, 6.07) is 12.9. The first-order chi connectivity index (χ1) is 11.6. The van der Waals surface area contributed by atoms with Gasteiger partial charge in [-0.3, -0.25) is 4.79 Å². The standard InChI is InChI=1S/C18H20Cl2N2O2/c1-24-15-5-2-13(3-6-15)8-10-21-11-9-18(23)22-17-12-14(19)4-7-16(17)20/h2-7,12,21H,8-11H2,1H3,(H,22,23). The summed E-state index contributed by atoms with van der Waals surface area (Å²) in [4.78, 5) is 11.9. The first kappa shape index (κ1) is 18.6. The Morgan fingerprint density at radius 2 is 1.83 bits per heavy atom. The zero-order chi connectivity index (χ0) is 17.4. The maximum absolute atomic E-state index is 11.9. The van der Waals surface area contributed by atoms with Crippen LogP contribution in [0, 0.1) is 0 Å². The van der Waals surface area contributed by atoms with Gasteiger partial charge in [-0.1, -0.05) is 35.3 Å². The van der Waals surface area contributed by atoms with Gasteiger partial charge in [-0.05, 0) is 48.9 Å². The van der Waals surface area contributed by atoms with Crippen molar-refractivity contribution in [3.05, 3.63) is 58.1 Å². The average molecular weight is 367 g/mol. The van der Waals surface area contributed by atoms with Gasteiger partial charge in [0.2, 0.25) is 5.91 Å². The molecule has 0 aliphatic carbocycles. The number of hydrogen-bond donors (Lipinski definition) is 2. The number of nitrogens with one attached hydrogen (secondary N) is 2. The van der Waals surface area contributed by atoms with Crippen molar-refractivity contribution < 1.29 is 9.53 Å². The third kappa shape index (κ3) is 6.04. The molecule has 0 unspecified atom stereocenters. The van der Waals surface area contributed by atoms with Crippen molar-refractivity contribution >= 4 is 34.8 Å². The number of methoxy groups -OCH3 is 1. The molecule has 0 saturated heterocycles. The maximum Gasteiger partial charge on any atom is 0.225 e. The van der Waals surface area contributed by atoms with E-state index in [1.165, 1.54) is 5.56 Å². The van der Waals surface area contributed by atoms with Crippen LogP contribution in [-0.4, -0.2) is 26.1 Å². The highest BCUT2D eigenvalue weighted by atomic mass is 35.5. The summed E-state index contributed by atoms with van der Waals surface area (Å²) in [6.07, 6.45) is 1.26. The van der Waals surface area contributed by atoms with Gasteiger partial charge in [-0.2, -0.15) is 0 Å². The van der Waals surface area contributed by atoms with Crippen molar-refractivity contribution in [2.24, 2.45) is 0 Å². The second-order valence-electron chi connectivity index (χ2n) is 5.27. The Hall–Kier alpha value is -1.75. The Balaban J connectivity index is 1.66. The normalized spacial score (nSPS) is 10.5. The molecule has 0 fully saturated rings. The average Bonchev–Trinajstić information content (AvgIpc) is 2.58. The molecule has 0 saturated carbocycles. The predicted molar refractivity (Wildman–Crippen MR) is 99.3 cm³/mol. The van der Waals surface area contributed by atoms with E-state index in [9.17, 15) is 4.79 Å². The van der Waals surface area contributed by atoms with Crippen LogP contribution in [0.5, 0.6) is 5.75 Å². The molecule has 24 heavy (non-hydrogen) atoms. The van der Waals surface area contributed by atoms with Crippen LogP contribution >= 0.6 is 23.2 Å². The van der Waals surface area contributed by atoms with Crippen molar-refractivity contribution in [1.82, 2.24) is 5.32 Å². The lowest BCUT2D eigenvalue weighted by molar-refractivity contribution is -0.116. The zero-order valence-electron chi connectivity index (χ0n) is 13.4. The minimum absolute atomic E-state index is 0.101. The van der Waals surface area contributed by atoms with Crippen LogP contribution in [0.1, 0.15) is 12.0 Å².